The Morgan fingerprint density at radius 3 is 2.20 bits per heavy atom. The highest BCUT2D eigenvalue weighted by atomic mass is 28.3. The molecule has 0 aliphatic carbocycles. The van der Waals surface area contributed by atoms with E-state index in [1.165, 1.54) is 5.19 Å². The van der Waals surface area contributed by atoms with Crippen LogP contribution in [-0.4, -0.2) is 42.7 Å². The van der Waals surface area contributed by atoms with E-state index in [0.717, 1.165) is 0 Å². The van der Waals surface area contributed by atoms with Crippen LogP contribution in [-0.2, 0) is 4.74 Å². The smallest absolute Gasteiger partial charge is 0.115 e. The van der Waals surface area contributed by atoms with Crippen molar-refractivity contribution in [2.75, 3.05) is 6.61 Å². The first kappa shape index (κ1) is 15.7. The van der Waals surface area contributed by atoms with Gasteiger partial charge in [-0.1, -0.05) is 55.5 Å². The third-order valence-electron chi connectivity index (χ3n) is 5.59. The lowest BCUT2D eigenvalue weighted by molar-refractivity contribution is -0.0947. The average molecular weight is 294 g/mol. The van der Waals surface area contributed by atoms with Gasteiger partial charge in [0.25, 0.3) is 0 Å². The Balaban J connectivity index is 2.49. The molecular formula is C16H26O3Si. The molecule has 3 nitrogen and oxygen atoms in total. The van der Waals surface area contributed by atoms with Gasteiger partial charge in [0.2, 0.25) is 0 Å². The normalized spacial score (nSPS) is 38.1. The number of hydrogen-bond donors (Lipinski definition) is 2. The van der Waals surface area contributed by atoms with Crippen LogP contribution in [0.3, 0.4) is 0 Å². The largest absolute Gasteiger partial charge is 0.393 e. The summed E-state index contributed by atoms with van der Waals surface area (Å²) in [5, 5.41) is 21.5. The van der Waals surface area contributed by atoms with Gasteiger partial charge in [0.1, 0.15) is 5.60 Å². The minimum Gasteiger partial charge on any atom is -0.393 e. The van der Waals surface area contributed by atoms with E-state index < -0.39 is 19.8 Å². The second-order valence-corrected chi connectivity index (χ2v) is 11.8. The first-order chi connectivity index (χ1) is 9.20. The van der Waals surface area contributed by atoms with Crippen molar-refractivity contribution in [3.05, 3.63) is 30.3 Å². The maximum absolute atomic E-state index is 10.9. The summed E-state index contributed by atoms with van der Waals surface area (Å²) in [6.07, 6.45) is -0.756. The van der Waals surface area contributed by atoms with Crippen molar-refractivity contribution >= 4 is 13.3 Å². The Labute approximate surface area is 122 Å². The molecule has 0 saturated carbocycles. The molecule has 1 aliphatic rings. The molecule has 0 aromatic heterocycles. The van der Waals surface area contributed by atoms with Crippen LogP contribution in [0.15, 0.2) is 30.3 Å². The Bertz CT molecular complexity index is 476. The average Bonchev–Trinajstić information content (AvgIpc) is 2.62. The van der Waals surface area contributed by atoms with Gasteiger partial charge >= 0.3 is 0 Å². The van der Waals surface area contributed by atoms with Gasteiger partial charge in [0.15, 0.2) is 0 Å². The van der Waals surface area contributed by atoms with Gasteiger partial charge in [-0.05, 0) is 13.8 Å². The molecule has 0 spiro atoms. The molecule has 1 saturated heterocycles. The predicted octanol–water partition coefficient (Wildman–Crippen LogP) is 1.89. The minimum atomic E-state index is -1.99. The van der Waals surface area contributed by atoms with Crippen LogP contribution in [0.1, 0.15) is 20.8 Å². The third-order valence-corrected chi connectivity index (χ3v) is 10.7. The van der Waals surface area contributed by atoms with Crippen LogP contribution in [0.5, 0.6) is 0 Å². The molecule has 112 valence electrons. The number of aliphatic hydroxyl groups excluding tert-OH is 2. The zero-order valence-electron chi connectivity index (χ0n) is 13.1. The Morgan fingerprint density at radius 2 is 1.75 bits per heavy atom. The molecule has 1 fully saturated rings. The van der Waals surface area contributed by atoms with Crippen molar-refractivity contribution in [1.29, 1.82) is 0 Å². The Kier molecular flexibility index (Phi) is 3.88. The van der Waals surface area contributed by atoms with Crippen molar-refractivity contribution in [1.82, 2.24) is 0 Å². The highest BCUT2D eigenvalue weighted by Crippen LogP contribution is 2.55. The molecule has 20 heavy (non-hydrogen) atoms. The van der Waals surface area contributed by atoms with E-state index in [-0.39, 0.29) is 17.7 Å². The summed E-state index contributed by atoms with van der Waals surface area (Å²) >= 11 is 0. The molecular weight excluding hydrogens is 268 g/mol. The van der Waals surface area contributed by atoms with Crippen molar-refractivity contribution in [3.8, 4) is 0 Å². The summed E-state index contributed by atoms with van der Waals surface area (Å²) in [4.78, 5) is 0. The molecule has 0 unspecified atom stereocenters. The molecule has 1 aliphatic heterocycles. The van der Waals surface area contributed by atoms with Gasteiger partial charge in [-0.15, -0.1) is 0 Å². The van der Waals surface area contributed by atoms with Gasteiger partial charge in [-0.2, -0.15) is 0 Å². The van der Waals surface area contributed by atoms with Crippen LogP contribution < -0.4 is 5.19 Å². The fraction of sp³-hybridized carbons (Fsp3) is 0.625. The molecule has 1 aromatic carbocycles. The van der Waals surface area contributed by atoms with Crippen LogP contribution >= 0.6 is 0 Å². The highest BCUT2D eigenvalue weighted by Gasteiger charge is 2.63. The zero-order chi connectivity index (χ0) is 15.2. The standard InChI is InChI=1S/C16H26O3Si/c1-12-16(3,14(18)15(2,11-17)19-12)20(4,5)13-9-7-6-8-10-13/h6-10,12,14,17-18H,11H2,1-5H3/t12-,14-,15-,16-/m1/s1. The van der Waals surface area contributed by atoms with Crippen molar-refractivity contribution < 1.29 is 14.9 Å². The highest BCUT2D eigenvalue weighted by molar-refractivity contribution is 6.92. The lowest BCUT2D eigenvalue weighted by atomic mass is 9.90. The molecule has 0 radical (unpaired) electrons. The zero-order valence-corrected chi connectivity index (χ0v) is 14.1. The number of aliphatic hydroxyl groups is 2. The molecule has 2 N–H and O–H groups in total. The summed E-state index contributed by atoms with van der Waals surface area (Å²) in [6.45, 7) is 10.3. The number of hydrogen-bond acceptors (Lipinski definition) is 3. The maximum atomic E-state index is 10.9. The summed E-state index contributed by atoms with van der Waals surface area (Å²) in [5.74, 6) is 0. The molecule has 0 amide bonds. The summed E-state index contributed by atoms with van der Waals surface area (Å²) in [7, 11) is -1.99. The molecule has 1 heterocycles. The van der Waals surface area contributed by atoms with Crippen LogP contribution in [0.25, 0.3) is 0 Å². The van der Waals surface area contributed by atoms with E-state index in [0.29, 0.717) is 0 Å². The summed E-state index contributed by atoms with van der Waals surface area (Å²) in [6, 6.07) is 10.4. The van der Waals surface area contributed by atoms with Crippen LogP contribution in [0.2, 0.25) is 18.1 Å². The van der Waals surface area contributed by atoms with E-state index in [1.807, 2.05) is 25.1 Å². The molecule has 4 atom stereocenters. The second kappa shape index (κ2) is 4.95. The monoisotopic (exact) mass is 294 g/mol. The topological polar surface area (TPSA) is 49.7 Å². The van der Waals surface area contributed by atoms with Gasteiger partial charge in [0.05, 0.1) is 26.9 Å². The molecule has 2 rings (SSSR count). The maximum Gasteiger partial charge on any atom is 0.115 e. The van der Waals surface area contributed by atoms with Gasteiger partial charge in [0, 0.05) is 5.04 Å². The lowest BCUT2D eigenvalue weighted by Gasteiger charge is -2.45. The third kappa shape index (κ3) is 1.97. The van der Waals surface area contributed by atoms with Gasteiger partial charge in [-0.3, -0.25) is 0 Å². The van der Waals surface area contributed by atoms with Crippen LogP contribution in [0, 0.1) is 0 Å². The fourth-order valence-electron chi connectivity index (χ4n) is 3.59. The minimum absolute atomic E-state index is 0.0866. The van der Waals surface area contributed by atoms with Crippen molar-refractivity contribution in [2.24, 2.45) is 0 Å². The molecule has 0 bridgehead atoms. The van der Waals surface area contributed by atoms with E-state index >= 15 is 0 Å². The predicted molar refractivity (Wildman–Crippen MR) is 84.0 cm³/mol. The molecule has 4 heteroatoms. The van der Waals surface area contributed by atoms with Gasteiger partial charge < -0.3 is 14.9 Å². The van der Waals surface area contributed by atoms with E-state index in [2.05, 4.69) is 32.2 Å². The fourth-order valence-corrected chi connectivity index (χ4v) is 7.30. The number of benzene rings is 1. The quantitative estimate of drug-likeness (QED) is 0.837. The van der Waals surface area contributed by atoms with E-state index in [4.69, 9.17) is 4.74 Å². The number of ether oxygens (including phenoxy) is 1. The number of rotatable bonds is 3. The SMILES string of the molecule is C[C@H]1O[C@](C)(CO)[C@@H](O)[C@]1(C)[Si](C)(C)c1ccccc1. The first-order valence-electron chi connectivity index (χ1n) is 7.22. The second-order valence-electron chi connectivity index (χ2n) is 6.91. The van der Waals surface area contributed by atoms with Gasteiger partial charge in [-0.25, -0.2) is 0 Å². The van der Waals surface area contributed by atoms with Crippen molar-refractivity contribution in [2.45, 2.75) is 56.7 Å². The van der Waals surface area contributed by atoms with E-state index in [9.17, 15) is 10.2 Å². The first-order valence-corrected chi connectivity index (χ1v) is 10.2. The van der Waals surface area contributed by atoms with Crippen LogP contribution in [0.4, 0.5) is 0 Å². The summed E-state index contributed by atoms with van der Waals surface area (Å²) < 4.78 is 5.97. The van der Waals surface area contributed by atoms with Crippen molar-refractivity contribution in [3.63, 3.8) is 0 Å². The summed E-state index contributed by atoms with van der Waals surface area (Å²) in [5.41, 5.74) is -0.868. The Morgan fingerprint density at radius 1 is 1.20 bits per heavy atom. The Hall–Kier alpha value is -0.683. The molecule has 1 aromatic rings. The van der Waals surface area contributed by atoms with E-state index in [1.54, 1.807) is 6.92 Å². The lowest BCUT2D eigenvalue weighted by Crippen LogP contribution is -2.60.